The third kappa shape index (κ3) is 2.47. The van der Waals surface area contributed by atoms with E-state index in [-0.39, 0.29) is 5.75 Å². The second-order valence-corrected chi connectivity index (χ2v) is 4.80. The standard InChI is InChI=1S/C15H13BN2O4/c1-22-15-5-3-10(16(20)21)7-12(15)9-2-4-11-13(6-9)18-17-8-14(11)19/h2-8,20-21H,1H3,(H,18,19). The van der Waals surface area contributed by atoms with Crippen LogP contribution in [0.4, 0.5) is 0 Å². The van der Waals surface area contributed by atoms with Crippen molar-refractivity contribution in [3.63, 3.8) is 0 Å². The molecule has 3 rings (SSSR count). The molecular weight excluding hydrogens is 283 g/mol. The lowest BCUT2D eigenvalue weighted by atomic mass is 9.79. The fourth-order valence-electron chi connectivity index (χ4n) is 2.33. The number of hydrogen-bond donors (Lipinski definition) is 3. The summed E-state index contributed by atoms with van der Waals surface area (Å²) in [5.74, 6) is 0.653. The van der Waals surface area contributed by atoms with E-state index >= 15 is 0 Å². The Morgan fingerprint density at radius 3 is 2.64 bits per heavy atom. The lowest BCUT2D eigenvalue weighted by molar-refractivity contribution is 0.415. The number of ether oxygens (including phenoxy) is 1. The highest BCUT2D eigenvalue weighted by Gasteiger charge is 2.15. The highest BCUT2D eigenvalue weighted by atomic mass is 16.5. The maximum Gasteiger partial charge on any atom is 0.488 e. The number of fused-ring (bicyclic) bond motifs is 1. The molecule has 0 unspecified atom stereocenters. The summed E-state index contributed by atoms with van der Waals surface area (Å²) in [5, 5.41) is 36.7. The van der Waals surface area contributed by atoms with Crippen molar-refractivity contribution in [3.8, 4) is 22.6 Å². The van der Waals surface area contributed by atoms with Crippen molar-refractivity contribution in [1.29, 1.82) is 0 Å². The van der Waals surface area contributed by atoms with Gasteiger partial charge in [-0.15, -0.1) is 0 Å². The smallest absolute Gasteiger partial charge is 0.488 e. The fourth-order valence-corrected chi connectivity index (χ4v) is 2.33. The van der Waals surface area contributed by atoms with E-state index in [1.165, 1.54) is 6.20 Å². The lowest BCUT2D eigenvalue weighted by Crippen LogP contribution is -2.29. The zero-order chi connectivity index (χ0) is 15.7. The quantitative estimate of drug-likeness (QED) is 0.615. The highest BCUT2D eigenvalue weighted by molar-refractivity contribution is 6.58. The van der Waals surface area contributed by atoms with Crippen LogP contribution in [0.5, 0.6) is 11.5 Å². The van der Waals surface area contributed by atoms with Gasteiger partial charge in [-0.25, -0.2) is 0 Å². The molecular formula is C15H13BN2O4. The van der Waals surface area contributed by atoms with Gasteiger partial charge >= 0.3 is 7.12 Å². The van der Waals surface area contributed by atoms with E-state index in [4.69, 9.17) is 4.74 Å². The molecule has 0 bridgehead atoms. The molecule has 3 aromatic rings. The summed E-state index contributed by atoms with van der Waals surface area (Å²) in [7, 11) is -0.0189. The van der Waals surface area contributed by atoms with Gasteiger partial charge < -0.3 is 19.9 Å². The molecule has 3 N–H and O–H groups in total. The summed E-state index contributed by atoms with van der Waals surface area (Å²) >= 11 is 0. The van der Waals surface area contributed by atoms with Gasteiger partial charge in [0.25, 0.3) is 0 Å². The monoisotopic (exact) mass is 296 g/mol. The molecule has 0 saturated carbocycles. The first-order valence-corrected chi connectivity index (χ1v) is 6.59. The average molecular weight is 296 g/mol. The number of methoxy groups -OCH3 is 1. The van der Waals surface area contributed by atoms with Gasteiger partial charge in [-0.1, -0.05) is 18.2 Å². The highest BCUT2D eigenvalue weighted by Crippen LogP contribution is 2.32. The summed E-state index contributed by atoms with van der Waals surface area (Å²) in [6.07, 6.45) is 1.28. The molecule has 0 spiro atoms. The van der Waals surface area contributed by atoms with Crippen molar-refractivity contribution in [2.45, 2.75) is 0 Å². The Balaban J connectivity index is 2.19. The van der Waals surface area contributed by atoms with Gasteiger partial charge in [0.2, 0.25) is 0 Å². The van der Waals surface area contributed by atoms with Crippen LogP contribution in [-0.2, 0) is 0 Å². The lowest BCUT2D eigenvalue weighted by Gasteiger charge is -2.11. The number of nitrogens with zero attached hydrogens (tertiary/aromatic N) is 2. The summed E-state index contributed by atoms with van der Waals surface area (Å²) in [6.45, 7) is 0. The molecule has 0 aliphatic rings. The Bertz CT molecular complexity index is 839. The van der Waals surface area contributed by atoms with E-state index in [0.717, 1.165) is 5.56 Å². The molecule has 0 atom stereocenters. The Kier molecular flexibility index (Phi) is 3.66. The fraction of sp³-hybridized carbons (Fsp3) is 0.0667. The van der Waals surface area contributed by atoms with Crippen LogP contribution in [0.25, 0.3) is 22.0 Å². The van der Waals surface area contributed by atoms with Crippen LogP contribution < -0.4 is 10.2 Å². The second kappa shape index (κ2) is 5.63. The van der Waals surface area contributed by atoms with Crippen molar-refractivity contribution in [2.75, 3.05) is 7.11 Å². The third-order valence-corrected chi connectivity index (χ3v) is 3.45. The molecule has 0 saturated heterocycles. The number of aromatic hydroxyl groups is 1. The molecule has 1 heterocycles. The van der Waals surface area contributed by atoms with E-state index in [2.05, 4.69) is 10.2 Å². The maximum atomic E-state index is 9.76. The van der Waals surface area contributed by atoms with Gasteiger partial charge in [-0.05, 0) is 29.2 Å². The molecule has 2 aromatic carbocycles. The molecule has 0 amide bonds. The minimum Gasteiger partial charge on any atom is -0.506 e. The first-order valence-electron chi connectivity index (χ1n) is 6.59. The summed E-state index contributed by atoms with van der Waals surface area (Å²) < 4.78 is 5.32. The van der Waals surface area contributed by atoms with Gasteiger partial charge in [0.1, 0.15) is 11.5 Å². The number of benzene rings is 2. The van der Waals surface area contributed by atoms with Crippen LogP contribution >= 0.6 is 0 Å². The summed E-state index contributed by atoms with van der Waals surface area (Å²) in [4.78, 5) is 0. The van der Waals surface area contributed by atoms with Crippen molar-refractivity contribution >= 4 is 23.5 Å². The van der Waals surface area contributed by atoms with Crippen molar-refractivity contribution < 1.29 is 19.9 Å². The molecule has 0 fully saturated rings. The Morgan fingerprint density at radius 2 is 1.91 bits per heavy atom. The largest absolute Gasteiger partial charge is 0.506 e. The van der Waals surface area contributed by atoms with Gasteiger partial charge in [-0.2, -0.15) is 10.2 Å². The van der Waals surface area contributed by atoms with Crippen molar-refractivity contribution in [1.82, 2.24) is 10.2 Å². The van der Waals surface area contributed by atoms with Gasteiger partial charge in [0.15, 0.2) is 0 Å². The maximum absolute atomic E-state index is 9.76. The van der Waals surface area contributed by atoms with Crippen LogP contribution in [-0.4, -0.2) is 39.6 Å². The third-order valence-electron chi connectivity index (χ3n) is 3.45. The van der Waals surface area contributed by atoms with Crippen LogP contribution in [0, 0.1) is 0 Å². The Hall–Kier alpha value is -2.64. The number of aromatic nitrogens is 2. The van der Waals surface area contributed by atoms with Gasteiger partial charge in [0.05, 0.1) is 18.8 Å². The minimum absolute atomic E-state index is 0.0584. The van der Waals surface area contributed by atoms with Crippen molar-refractivity contribution in [3.05, 3.63) is 42.6 Å². The summed E-state index contributed by atoms with van der Waals surface area (Å²) in [5.41, 5.74) is 2.36. The molecule has 6 nitrogen and oxygen atoms in total. The van der Waals surface area contributed by atoms with E-state index in [1.807, 2.05) is 0 Å². The van der Waals surface area contributed by atoms with Crippen molar-refractivity contribution in [2.24, 2.45) is 0 Å². The molecule has 0 aliphatic heterocycles. The van der Waals surface area contributed by atoms with Gasteiger partial charge in [-0.3, -0.25) is 0 Å². The van der Waals surface area contributed by atoms with E-state index in [1.54, 1.807) is 43.5 Å². The molecule has 1 aromatic heterocycles. The molecule has 7 heteroatoms. The SMILES string of the molecule is COc1ccc(B(O)O)cc1-c1ccc2c(O)cnnc2c1. The normalized spacial score (nSPS) is 10.7. The molecule has 110 valence electrons. The Morgan fingerprint density at radius 1 is 1.09 bits per heavy atom. The summed E-state index contributed by atoms with van der Waals surface area (Å²) in [6, 6.07) is 10.2. The van der Waals surface area contributed by atoms with Crippen LogP contribution in [0.2, 0.25) is 0 Å². The first-order chi connectivity index (χ1) is 10.6. The second-order valence-electron chi connectivity index (χ2n) is 4.80. The van der Waals surface area contributed by atoms with Crippen LogP contribution in [0.1, 0.15) is 0 Å². The molecule has 0 aliphatic carbocycles. The number of hydrogen-bond acceptors (Lipinski definition) is 6. The predicted molar refractivity (Wildman–Crippen MR) is 83.0 cm³/mol. The first kappa shape index (κ1) is 14.3. The average Bonchev–Trinajstić information content (AvgIpc) is 2.54. The van der Waals surface area contributed by atoms with E-state index in [9.17, 15) is 15.2 Å². The molecule has 22 heavy (non-hydrogen) atoms. The predicted octanol–water partition coefficient (Wildman–Crippen LogP) is 0.691. The zero-order valence-electron chi connectivity index (χ0n) is 11.8. The van der Waals surface area contributed by atoms with E-state index in [0.29, 0.717) is 27.7 Å². The van der Waals surface area contributed by atoms with Crippen LogP contribution in [0.3, 0.4) is 0 Å². The van der Waals surface area contributed by atoms with Gasteiger partial charge in [0, 0.05) is 10.9 Å². The topological polar surface area (TPSA) is 95.7 Å². The van der Waals surface area contributed by atoms with E-state index < -0.39 is 7.12 Å². The molecule has 0 radical (unpaired) electrons. The Labute approximate surface area is 126 Å². The zero-order valence-corrected chi connectivity index (χ0v) is 11.8. The van der Waals surface area contributed by atoms with Crippen LogP contribution in [0.15, 0.2) is 42.6 Å². The minimum atomic E-state index is -1.56. The number of rotatable bonds is 3.